The molecule has 1 unspecified atom stereocenters. The van der Waals surface area contributed by atoms with E-state index in [2.05, 4.69) is 20.5 Å². The number of rotatable bonds is 6. The molecule has 2 N–H and O–H groups in total. The van der Waals surface area contributed by atoms with Crippen molar-refractivity contribution in [3.8, 4) is 0 Å². The van der Waals surface area contributed by atoms with Crippen LogP contribution in [0.1, 0.15) is 53.6 Å². The largest absolute Gasteiger partial charge is 0.416 e. The van der Waals surface area contributed by atoms with E-state index < -0.39 is 29.2 Å². The lowest BCUT2D eigenvalue weighted by molar-refractivity contribution is -0.137. The summed E-state index contributed by atoms with van der Waals surface area (Å²) in [6.07, 6.45) is 1.72. The molecule has 0 spiro atoms. The number of halogens is 4. The normalized spacial score (nSPS) is 25.3. The Labute approximate surface area is 201 Å². The van der Waals surface area contributed by atoms with Crippen LogP contribution in [0.5, 0.6) is 0 Å². The number of hydrogen-bond acceptors (Lipinski definition) is 4. The first-order valence-electron chi connectivity index (χ1n) is 11.7. The number of pyridine rings is 1. The highest BCUT2D eigenvalue weighted by atomic mass is 19.4. The Balaban J connectivity index is 1.21. The van der Waals surface area contributed by atoms with Crippen molar-refractivity contribution in [3.05, 3.63) is 65.5 Å². The van der Waals surface area contributed by atoms with Crippen LogP contribution in [-0.4, -0.2) is 53.4 Å². The van der Waals surface area contributed by atoms with Gasteiger partial charge in [0.05, 0.1) is 12.1 Å². The Morgan fingerprint density at radius 3 is 2.57 bits per heavy atom. The molecule has 2 aliphatic rings. The number of hydrogen-bond donors (Lipinski definition) is 2. The maximum absolute atomic E-state index is 15.4. The van der Waals surface area contributed by atoms with Crippen LogP contribution in [0, 0.1) is 0 Å². The molecule has 1 aromatic carbocycles. The van der Waals surface area contributed by atoms with Gasteiger partial charge in [0, 0.05) is 48.7 Å². The smallest absolute Gasteiger partial charge is 0.350 e. The minimum absolute atomic E-state index is 0.0941. The first-order valence-corrected chi connectivity index (χ1v) is 11.7. The monoisotopic (exact) mass is 492 g/mol. The molecular formula is C25H28F4N4O2. The van der Waals surface area contributed by atoms with Gasteiger partial charge in [0.1, 0.15) is 5.67 Å². The van der Waals surface area contributed by atoms with E-state index in [1.54, 1.807) is 24.5 Å². The van der Waals surface area contributed by atoms with Gasteiger partial charge in [-0.25, -0.2) is 4.39 Å². The molecular weight excluding hydrogens is 464 g/mol. The van der Waals surface area contributed by atoms with Crippen molar-refractivity contribution in [2.45, 2.75) is 56.0 Å². The van der Waals surface area contributed by atoms with Gasteiger partial charge in [0.2, 0.25) is 5.91 Å². The molecule has 2 aromatic rings. The Hall–Kier alpha value is -3.01. The molecule has 188 valence electrons. The molecule has 35 heavy (non-hydrogen) atoms. The maximum atomic E-state index is 15.4. The Bertz CT molecular complexity index is 1040. The number of likely N-dealkylation sites (tertiary alicyclic amines) is 1. The van der Waals surface area contributed by atoms with E-state index >= 15 is 4.39 Å². The third kappa shape index (κ3) is 6.17. The van der Waals surface area contributed by atoms with E-state index in [0.29, 0.717) is 24.9 Å². The second-order valence-corrected chi connectivity index (χ2v) is 9.25. The van der Waals surface area contributed by atoms with E-state index in [9.17, 15) is 22.8 Å². The predicted molar refractivity (Wildman–Crippen MR) is 121 cm³/mol. The molecule has 1 aliphatic carbocycles. The van der Waals surface area contributed by atoms with Crippen LogP contribution in [0.2, 0.25) is 0 Å². The molecule has 1 atom stereocenters. The lowest BCUT2D eigenvalue weighted by Crippen LogP contribution is -2.45. The van der Waals surface area contributed by atoms with Crippen molar-refractivity contribution in [2.75, 3.05) is 19.6 Å². The molecule has 4 rings (SSSR count). The number of carbonyl (C=O) groups is 2. The Morgan fingerprint density at radius 2 is 1.89 bits per heavy atom. The zero-order chi connectivity index (χ0) is 25.1. The molecule has 0 bridgehead atoms. The maximum Gasteiger partial charge on any atom is 0.416 e. The number of alkyl halides is 4. The van der Waals surface area contributed by atoms with Gasteiger partial charge in [-0.05, 0) is 56.4 Å². The van der Waals surface area contributed by atoms with Gasteiger partial charge in [-0.15, -0.1) is 0 Å². The van der Waals surface area contributed by atoms with Crippen molar-refractivity contribution in [3.63, 3.8) is 0 Å². The number of nitrogens with zero attached hydrogens (tertiary/aromatic N) is 2. The summed E-state index contributed by atoms with van der Waals surface area (Å²) >= 11 is 0. The standard InChI is InChI=1S/C25H28F4N4O2/c26-24(19-5-2-11-30-14-19)9-6-21(7-10-24)33-12-8-20(16-33)32-22(34)15-31-23(35)17-3-1-4-18(13-17)25(27,28)29/h1-5,11,13-14,20-21H,6-10,12,15-16H2,(H,31,35)(H,32,34). The summed E-state index contributed by atoms with van der Waals surface area (Å²) in [5.41, 5.74) is -1.81. The number of aromatic nitrogens is 1. The SMILES string of the molecule is O=C(CNC(=O)c1cccc(C(F)(F)F)c1)NC1CCN(C2CCC(F)(c3cccnc3)CC2)C1. The molecule has 2 amide bonds. The van der Waals surface area contributed by atoms with E-state index in [0.717, 1.165) is 44.0 Å². The van der Waals surface area contributed by atoms with Crippen molar-refractivity contribution < 1.29 is 27.2 Å². The highest BCUT2D eigenvalue weighted by Gasteiger charge is 2.40. The van der Waals surface area contributed by atoms with Gasteiger partial charge < -0.3 is 10.6 Å². The number of carbonyl (C=O) groups excluding carboxylic acids is 2. The molecule has 1 aromatic heterocycles. The third-order valence-corrected chi connectivity index (χ3v) is 6.89. The zero-order valence-corrected chi connectivity index (χ0v) is 19.2. The van der Waals surface area contributed by atoms with Crippen molar-refractivity contribution in [2.24, 2.45) is 0 Å². The fraction of sp³-hybridized carbons (Fsp3) is 0.480. The van der Waals surface area contributed by atoms with Crippen LogP contribution in [0.25, 0.3) is 0 Å². The lowest BCUT2D eigenvalue weighted by atomic mass is 9.79. The second-order valence-electron chi connectivity index (χ2n) is 9.25. The fourth-order valence-corrected chi connectivity index (χ4v) is 4.96. The van der Waals surface area contributed by atoms with Crippen LogP contribution < -0.4 is 10.6 Å². The summed E-state index contributed by atoms with van der Waals surface area (Å²) in [4.78, 5) is 30.8. The molecule has 1 saturated heterocycles. The van der Waals surface area contributed by atoms with E-state index in [-0.39, 0.29) is 24.2 Å². The number of amides is 2. The van der Waals surface area contributed by atoms with Gasteiger partial charge in [0.25, 0.3) is 5.91 Å². The fourth-order valence-electron chi connectivity index (χ4n) is 4.96. The van der Waals surface area contributed by atoms with E-state index in [1.807, 2.05) is 0 Å². The highest BCUT2D eigenvalue weighted by Crippen LogP contribution is 2.42. The van der Waals surface area contributed by atoms with Crippen LogP contribution in [0.3, 0.4) is 0 Å². The summed E-state index contributed by atoms with van der Waals surface area (Å²) < 4.78 is 53.9. The minimum Gasteiger partial charge on any atom is -0.350 e. The van der Waals surface area contributed by atoms with Crippen molar-refractivity contribution >= 4 is 11.8 Å². The van der Waals surface area contributed by atoms with Crippen molar-refractivity contribution in [1.29, 1.82) is 0 Å². The molecule has 6 nitrogen and oxygen atoms in total. The second kappa shape index (κ2) is 10.3. The third-order valence-electron chi connectivity index (χ3n) is 6.89. The number of nitrogens with one attached hydrogen (secondary N) is 2. The minimum atomic E-state index is -4.55. The quantitative estimate of drug-likeness (QED) is 0.602. The van der Waals surface area contributed by atoms with Gasteiger partial charge in [-0.1, -0.05) is 12.1 Å². The van der Waals surface area contributed by atoms with Crippen LogP contribution in [0.4, 0.5) is 17.6 Å². The summed E-state index contributed by atoms with van der Waals surface area (Å²) in [6, 6.07) is 7.74. The summed E-state index contributed by atoms with van der Waals surface area (Å²) in [7, 11) is 0. The van der Waals surface area contributed by atoms with Gasteiger partial charge >= 0.3 is 6.18 Å². The number of benzene rings is 1. The van der Waals surface area contributed by atoms with Gasteiger partial charge in [-0.2, -0.15) is 13.2 Å². The highest BCUT2D eigenvalue weighted by molar-refractivity contribution is 5.96. The first kappa shape index (κ1) is 25.1. The molecule has 2 heterocycles. The van der Waals surface area contributed by atoms with Gasteiger partial charge in [-0.3, -0.25) is 19.5 Å². The summed E-state index contributed by atoms with van der Waals surface area (Å²) in [6.45, 7) is 1.10. The Kier molecular flexibility index (Phi) is 7.39. The van der Waals surface area contributed by atoms with Crippen LogP contribution in [0.15, 0.2) is 48.8 Å². The van der Waals surface area contributed by atoms with Crippen LogP contribution >= 0.6 is 0 Å². The molecule has 2 fully saturated rings. The summed E-state index contributed by atoms with van der Waals surface area (Å²) in [5, 5.41) is 5.25. The van der Waals surface area contributed by atoms with Gasteiger partial charge in [0.15, 0.2) is 0 Å². The van der Waals surface area contributed by atoms with Crippen LogP contribution in [-0.2, 0) is 16.6 Å². The predicted octanol–water partition coefficient (Wildman–Crippen LogP) is 3.83. The van der Waals surface area contributed by atoms with E-state index in [1.165, 1.54) is 6.07 Å². The first-order chi connectivity index (χ1) is 16.6. The zero-order valence-electron chi connectivity index (χ0n) is 19.2. The lowest BCUT2D eigenvalue weighted by Gasteiger charge is -2.38. The molecule has 0 radical (unpaired) electrons. The molecule has 1 saturated carbocycles. The Morgan fingerprint density at radius 1 is 1.11 bits per heavy atom. The summed E-state index contributed by atoms with van der Waals surface area (Å²) in [5.74, 6) is -1.15. The van der Waals surface area contributed by atoms with E-state index in [4.69, 9.17) is 0 Å². The topological polar surface area (TPSA) is 74.3 Å². The molecule has 1 aliphatic heterocycles. The van der Waals surface area contributed by atoms with Crippen molar-refractivity contribution in [1.82, 2.24) is 20.5 Å². The average Bonchev–Trinajstić information content (AvgIpc) is 3.31. The molecule has 10 heteroatoms. The average molecular weight is 493 g/mol.